The molecule has 1 rings (SSSR count). The second-order valence-electron chi connectivity index (χ2n) is 4.53. The Balaban J connectivity index is 3.04. The zero-order chi connectivity index (χ0) is 13.0. The molecule has 0 aliphatic carbocycles. The van der Waals surface area contributed by atoms with Crippen LogP contribution in [0.3, 0.4) is 0 Å². The van der Waals surface area contributed by atoms with Crippen molar-refractivity contribution in [2.24, 2.45) is 5.92 Å². The molecule has 0 aliphatic rings. The van der Waals surface area contributed by atoms with E-state index in [0.29, 0.717) is 24.9 Å². The Kier molecular flexibility index (Phi) is 5.00. The molecule has 0 heterocycles. The highest BCUT2D eigenvalue weighted by Crippen LogP contribution is 2.25. The van der Waals surface area contributed by atoms with Crippen molar-refractivity contribution in [2.45, 2.75) is 33.2 Å². The van der Waals surface area contributed by atoms with Crippen LogP contribution >= 0.6 is 0 Å². The van der Waals surface area contributed by atoms with Crippen molar-refractivity contribution in [2.75, 3.05) is 6.54 Å². The van der Waals surface area contributed by atoms with Gasteiger partial charge >= 0.3 is 0 Å². The molecule has 0 fully saturated rings. The van der Waals surface area contributed by atoms with Crippen molar-refractivity contribution in [3.63, 3.8) is 0 Å². The first kappa shape index (κ1) is 14.0. The summed E-state index contributed by atoms with van der Waals surface area (Å²) in [5, 5.41) is 3.09. The Morgan fingerprint density at radius 1 is 1.06 bits per heavy atom. The molecule has 0 aliphatic heterocycles. The Labute approximate surface area is 100 Å². The van der Waals surface area contributed by atoms with Crippen molar-refractivity contribution in [1.82, 2.24) is 5.32 Å². The summed E-state index contributed by atoms with van der Waals surface area (Å²) in [5.74, 6) is -2.51. The Morgan fingerprint density at radius 3 is 2.18 bits per heavy atom. The molecule has 1 N–H and O–H groups in total. The van der Waals surface area contributed by atoms with Gasteiger partial charge in [-0.15, -0.1) is 0 Å². The molecule has 0 amide bonds. The predicted octanol–water partition coefficient (Wildman–Crippen LogP) is 3.80. The van der Waals surface area contributed by atoms with Gasteiger partial charge in [-0.3, -0.25) is 0 Å². The van der Waals surface area contributed by atoms with Gasteiger partial charge in [0, 0.05) is 17.7 Å². The molecule has 0 bridgehead atoms. The summed E-state index contributed by atoms with van der Waals surface area (Å²) in [6.07, 6.45) is 0.676. The third-order valence-electron chi connectivity index (χ3n) is 2.57. The molecule has 0 saturated heterocycles. The minimum atomic E-state index is -1.15. The number of benzene rings is 1. The maximum Gasteiger partial charge on any atom is 0.161 e. The summed E-state index contributed by atoms with van der Waals surface area (Å²) < 4.78 is 39.6. The summed E-state index contributed by atoms with van der Waals surface area (Å²) in [4.78, 5) is 0. The van der Waals surface area contributed by atoms with Crippen LogP contribution in [-0.2, 0) is 0 Å². The molecule has 4 heteroatoms. The van der Waals surface area contributed by atoms with Crippen LogP contribution in [0.1, 0.15) is 38.8 Å². The average Bonchev–Trinajstić information content (AvgIpc) is 2.22. The Morgan fingerprint density at radius 2 is 1.65 bits per heavy atom. The summed E-state index contributed by atoms with van der Waals surface area (Å²) in [7, 11) is 0. The number of hydrogen-bond donors (Lipinski definition) is 1. The maximum absolute atomic E-state index is 13.6. The highest BCUT2D eigenvalue weighted by atomic mass is 19.2. The van der Waals surface area contributed by atoms with Crippen molar-refractivity contribution < 1.29 is 13.2 Å². The van der Waals surface area contributed by atoms with E-state index in [0.717, 1.165) is 6.07 Å². The fraction of sp³-hybridized carbons (Fsp3) is 0.538. The van der Waals surface area contributed by atoms with Gasteiger partial charge in [-0.1, -0.05) is 20.8 Å². The molecule has 1 aromatic carbocycles. The van der Waals surface area contributed by atoms with Crippen LogP contribution in [0.15, 0.2) is 12.1 Å². The second-order valence-corrected chi connectivity index (χ2v) is 4.53. The van der Waals surface area contributed by atoms with E-state index < -0.39 is 17.5 Å². The Bertz CT molecular complexity index is 377. The normalized spacial score (nSPS) is 13.1. The molecular weight excluding hydrogens is 227 g/mol. The molecule has 0 saturated carbocycles. The van der Waals surface area contributed by atoms with Crippen LogP contribution in [0.4, 0.5) is 13.2 Å². The van der Waals surface area contributed by atoms with Crippen molar-refractivity contribution in [1.29, 1.82) is 0 Å². The quantitative estimate of drug-likeness (QED) is 0.778. The molecule has 17 heavy (non-hydrogen) atoms. The maximum atomic E-state index is 13.6. The highest BCUT2D eigenvalue weighted by molar-refractivity contribution is 5.23. The largest absolute Gasteiger partial charge is 0.310 e. The second kappa shape index (κ2) is 6.05. The van der Waals surface area contributed by atoms with E-state index in [-0.39, 0.29) is 11.6 Å². The van der Waals surface area contributed by atoms with Crippen molar-refractivity contribution in [3.05, 3.63) is 35.1 Å². The van der Waals surface area contributed by atoms with Crippen LogP contribution in [0.2, 0.25) is 0 Å². The molecule has 1 atom stereocenters. The predicted molar refractivity (Wildman–Crippen MR) is 62.2 cm³/mol. The third-order valence-corrected chi connectivity index (χ3v) is 2.57. The van der Waals surface area contributed by atoms with E-state index in [1.54, 1.807) is 0 Å². The fourth-order valence-corrected chi connectivity index (χ4v) is 1.84. The van der Waals surface area contributed by atoms with Gasteiger partial charge in [0.15, 0.2) is 11.6 Å². The first-order chi connectivity index (χ1) is 7.95. The topological polar surface area (TPSA) is 12.0 Å². The van der Waals surface area contributed by atoms with Gasteiger partial charge in [-0.25, -0.2) is 13.2 Å². The molecule has 1 aromatic rings. The number of halogens is 3. The van der Waals surface area contributed by atoms with E-state index in [4.69, 9.17) is 0 Å². The van der Waals surface area contributed by atoms with Gasteiger partial charge in [0.1, 0.15) is 5.82 Å². The standard InChI is InChI=1S/C13H18F3N/c1-4-17-13(5-8(2)3)9-6-11(15)12(16)7-10(9)14/h6-8,13,17H,4-5H2,1-3H3. The highest BCUT2D eigenvalue weighted by Gasteiger charge is 2.19. The van der Waals surface area contributed by atoms with Gasteiger partial charge in [-0.2, -0.15) is 0 Å². The monoisotopic (exact) mass is 245 g/mol. The van der Waals surface area contributed by atoms with Gasteiger partial charge in [0.05, 0.1) is 0 Å². The average molecular weight is 245 g/mol. The van der Waals surface area contributed by atoms with Crippen molar-refractivity contribution in [3.8, 4) is 0 Å². The molecule has 1 unspecified atom stereocenters. The van der Waals surface area contributed by atoms with Gasteiger partial charge < -0.3 is 5.32 Å². The van der Waals surface area contributed by atoms with Crippen LogP contribution in [-0.4, -0.2) is 6.54 Å². The van der Waals surface area contributed by atoms with Crippen LogP contribution < -0.4 is 5.32 Å². The van der Waals surface area contributed by atoms with E-state index in [2.05, 4.69) is 5.32 Å². The van der Waals surface area contributed by atoms with Crippen LogP contribution in [0.5, 0.6) is 0 Å². The molecule has 0 aromatic heterocycles. The van der Waals surface area contributed by atoms with E-state index in [1.165, 1.54) is 0 Å². The smallest absolute Gasteiger partial charge is 0.161 e. The lowest BCUT2D eigenvalue weighted by Gasteiger charge is -2.21. The summed E-state index contributed by atoms with van der Waals surface area (Å²) in [6, 6.07) is 1.27. The lowest BCUT2D eigenvalue weighted by molar-refractivity contribution is 0.415. The third kappa shape index (κ3) is 3.73. The van der Waals surface area contributed by atoms with E-state index in [1.807, 2.05) is 20.8 Å². The van der Waals surface area contributed by atoms with Gasteiger partial charge in [-0.05, 0) is 24.9 Å². The fourth-order valence-electron chi connectivity index (χ4n) is 1.84. The number of nitrogens with one attached hydrogen (secondary N) is 1. The van der Waals surface area contributed by atoms with E-state index >= 15 is 0 Å². The summed E-state index contributed by atoms with van der Waals surface area (Å²) >= 11 is 0. The van der Waals surface area contributed by atoms with Crippen LogP contribution in [0.25, 0.3) is 0 Å². The SMILES string of the molecule is CCNC(CC(C)C)c1cc(F)c(F)cc1F. The summed E-state index contributed by atoms with van der Waals surface area (Å²) in [5.41, 5.74) is 0.194. The number of rotatable bonds is 5. The molecule has 1 nitrogen and oxygen atoms in total. The minimum Gasteiger partial charge on any atom is -0.310 e. The van der Waals surface area contributed by atoms with Gasteiger partial charge in [0.25, 0.3) is 0 Å². The van der Waals surface area contributed by atoms with E-state index in [9.17, 15) is 13.2 Å². The molecule has 96 valence electrons. The lowest BCUT2D eigenvalue weighted by atomic mass is 9.96. The van der Waals surface area contributed by atoms with Crippen LogP contribution in [0, 0.1) is 23.4 Å². The molecular formula is C13H18F3N. The molecule has 0 radical (unpaired) electrons. The zero-order valence-electron chi connectivity index (χ0n) is 10.4. The molecule has 0 spiro atoms. The van der Waals surface area contributed by atoms with Gasteiger partial charge in [0.2, 0.25) is 0 Å². The first-order valence-electron chi connectivity index (χ1n) is 5.83. The zero-order valence-corrected chi connectivity index (χ0v) is 10.4. The van der Waals surface area contributed by atoms with Crippen molar-refractivity contribution >= 4 is 0 Å². The first-order valence-corrected chi connectivity index (χ1v) is 5.83. The Hall–Kier alpha value is -1.03. The minimum absolute atomic E-state index is 0.194. The lowest BCUT2D eigenvalue weighted by Crippen LogP contribution is -2.23. The summed E-state index contributed by atoms with van der Waals surface area (Å²) in [6.45, 7) is 6.55. The number of hydrogen-bond acceptors (Lipinski definition) is 1.